The quantitative estimate of drug-likeness (QED) is 0.638. The monoisotopic (exact) mass is 216 g/mol. The molecule has 1 amide bonds. The Balaban J connectivity index is 0.000000921. The first kappa shape index (κ1) is 13.6. The highest BCUT2D eigenvalue weighted by Gasteiger charge is 2.33. The number of nitrogens with one attached hydrogen (secondary N) is 1. The SMILES string of the molecule is C=O.CNCC(=O)N1CCCC1C(=O)O. The van der Waals surface area contributed by atoms with E-state index in [4.69, 9.17) is 9.90 Å². The van der Waals surface area contributed by atoms with Crippen LogP contribution in [-0.4, -0.2) is 54.9 Å². The van der Waals surface area contributed by atoms with Crippen LogP contribution in [0.3, 0.4) is 0 Å². The summed E-state index contributed by atoms with van der Waals surface area (Å²) in [5.41, 5.74) is 0. The number of carboxylic acid groups (broad SMARTS) is 1. The van der Waals surface area contributed by atoms with Crippen LogP contribution in [0.2, 0.25) is 0 Å². The Labute approximate surface area is 88.2 Å². The third-order valence-electron chi connectivity index (χ3n) is 2.19. The van der Waals surface area contributed by atoms with E-state index in [0.717, 1.165) is 6.42 Å². The molecular weight excluding hydrogens is 200 g/mol. The molecule has 1 rings (SSSR count). The summed E-state index contributed by atoms with van der Waals surface area (Å²) in [5.74, 6) is -1.03. The van der Waals surface area contributed by atoms with Gasteiger partial charge in [0, 0.05) is 6.54 Å². The van der Waals surface area contributed by atoms with E-state index in [1.54, 1.807) is 7.05 Å². The Kier molecular flexibility index (Phi) is 6.28. The van der Waals surface area contributed by atoms with E-state index in [9.17, 15) is 9.59 Å². The van der Waals surface area contributed by atoms with Crippen LogP contribution in [0.5, 0.6) is 0 Å². The summed E-state index contributed by atoms with van der Waals surface area (Å²) >= 11 is 0. The second kappa shape index (κ2) is 6.94. The number of hydrogen-bond acceptors (Lipinski definition) is 4. The Bertz CT molecular complexity index is 232. The first-order chi connectivity index (χ1) is 7.16. The van der Waals surface area contributed by atoms with Gasteiger partial charge in [-0.2, -0.15) is 0 Å². The van der Waals surface area contributed by atoms with Gasteiger partial charge in [0.05, 0.1) is 6.54 Å². The molecule has 0 bridgehead atoms. The smallest absolute Gasteiger partial charge is 0.326 e. The number of aliphatic carboxylic acids is 1. The molecule has 0 radical (unpaired) electrons. The van der Waals surface area contributed by atoms with Crippen LogP contribution in [0.15, 0.2) is 0 Å². The van der Waals surface area contributed by atoms with Gasteiger partial charge in [0.1, 0.15) is 12.8 Å². The van der Waals surface area contributed by atoms with Crippen molar-refractivity contribution in [3.63, 3.8) is 0 Å². The predicted molar refractivity (Wildman–Crippen MR) is 53.4 cm³/mol. The van der Waals surface area contributed by atoms with Crippen LogP contribution in [0.25, 0.3) is 0 Å². The molecule has 1 unspecified atom stereocenters. The molecule has 1 aliphatic heterocycles. The second-order valence-corrected chi connectivity index (χ2v) is 3.11. The number of likely N-dealkylation sites (tertiary alicyclic amines) is 1. The van der Waals surface area contributed by atoms with E-state index in [1.165, 1.54) is 4.90 Å². The van der Waals surface area contributed by atoms with Crippen LogP contribution < -0.4 is 5.32 Å². The third kappa shape index (κ3) is 3.67. The number of carbonyl (C=O) groups excluding carboxylic acids is 2. The highest BCUT2D eigenvalue weighted by atomic mass is 16.4. The van der Waals surface area contributed by atoms with E-state index in [2.05, 4.69) is 5.32 Å². The van der Waals surface area contributed by atoms with Crippen molar-refractivity contribution in [1.82, 2.24) is 10.2 Å². The van der Waals surface area contributed by atoms with Crippen LogP contribution in [0, 0.1) is 0 Å². The molecule has 2 N–H and O–H groups in total. The molecule has 86 valence electrons. The molecule has 1 saturated heterocycles. The van der Waals surface area contributed by atoms with Crippen molar-refractivity contribution in [2.45, 2.75) is 18.9 Å². The molecular formula is C9H16N2O4. The first-order valence-corrected chi connectivity index (χ1v) is 4.62. The van der Waals surface area contributed by atoms with Gasteiger partial charge in [0.2, 0.25) is 5.91 Å². The zero-order valence-corrected chi connectivity index (χ0v) is 8.73. The van der Waals surface area contributed by atoms with Crippen molar-refractivity contribution in [3.05, 3.63) is 0 Å². The highest BCUT2D eigenvalue weighted by Crippen LogP contribution is 2.16. The van der Waals surface area contributed by atoms with Crippen molar-refractivity contribution >= 4 is 18.7 Å². The molecule has 1 aliphatic rings. The Morgan fingerprint density at radius 1 is 1.53 bits per heavy atom. The average Bonchev–Trinajstić information content (AvgIpc) is 2.69. The molecule has 0 aromatic carbocycles. The van der Waals surface area contributed by atoms with Crippen molar-refractivity contribution in [2.24, 2.45) is 0 Å². The molecule has 15 heavy (non-hydrogen) atoms. The lowest BCUT2D eigenvalue weighted by Crippen LogP contribution is -2.43. The van der Waals surface area contributed by atoms with E-state index in [-0.39, 0.29) is 12.5 Å². The largest absolute Gasteiger partial charge is 0.480 e. The fourth-order valence-corrected chi connectivity index (χ4v) is 1.57. The summed E-state index contributed by atoms with van der Waals surface area (Å²) in [7, 11) is 1.67. The van der Waals surface area contributed by atoms with Gasteiger partial charge in [-0.1, -0.05) is 0 Å². The maximum atomic E-state index is 11.4. The molecule has 6 nitrogen and oxygen atoms in total. The highest BCUT2D eigenvalue weighted by molar-refractivity contribution is 5.85. The van der Waals surface area contributed by atoms with E-state index in [1.807, 2.05) is 6.79 Å². The fraction of sp³-hybridized carbons (Fsp3) is 0.667. The number of nitrogens with zero attached hydrogens (tertiary/aromatic N) is 1. The lowest BCUT2D eigenvalue weighted by molar-refractivity contribution is -0.147. The molecule has 0 aromatic heterocycles. The fourth-order valence-electron chi connectivity index (χ4n) is 1.57. The lowest BCUT2D eigenvalue weighted by atomic mass is 10.2. The third-order valence-corrected chi connectivity index (χ3v) is 2.19. The average molecular weight is 216 g/mol. The topological polar surface area (TPSA) is 86.7 Å². The van der Waals surface area contributed by atoms with Crippen LogP contribution in [-0.2, 0) is 14.4 Å². The minimum Gasteiger partial charge on any atom is -0.480 e. The minimum atomic E-state index is -0.901. The number of likely N-dealkylation sites (N-methyl/N-ethyl adjacent to an activating group) is 1. The van der Waals surface area contributed by atoms with E-state index < -0.39 is 12.0 Å². The molecule has 0 aromatic rings. The standard InChI is InChI=1S/C8H14N2O3.CH2O/c1-9-5-7(11)10-4-2-3-6(10)8(12)13;1-2/h6,9H,2-5H2,1H3,(H,12,13);1H2. The van der Waals surface area contributed by atoms with Crippen molar-refractivity contribution in [2.75, 3.05) is 20.1 Å². The van der Waals surface area contributed by atoms with Gasteiger partial charge in [-0.3, -0.25) is 4.79 Å². The molecule has 0 aliphatic carbocycles. The van der Waals surface area contributed by atoms with E-state index in [0.29, 0.717) is 13.0 Å². The zero-order valence-electron chi connectivity index (χ0n) is 8.73. The molecule has 1 atom stereocenters. The number of carbonyl (C=O) groups is 3. The van der Waals surface area contributed by atoms with Crippen molar-refractivity contribution < 1.29 is 19.5 Å². The van der Waals surface area contributed by atoms with Gasteiger partial charge in [0.15, 0.2) is 0 Å². The van der Waals surface area contributed by atoms with Gasteiger partial charge < -0.3 is 20.1 Å². The Morgan fingerprint density at radius 3 is 2.60 bits per heavy atom. The summed E-state index contributed by atoms with van der Waals surface area (Å²) in [6.07, 6.45) is 1.36. The van der Waals surface area contributed by atoms with Crippen LogP contribution in [0.4, 0.5) is 0 Å². The normalized spacial score (nSPS) is 19.3. The molecule has 0 spiro atoms. The summed E-state index contributed by atoms with van der Waals surface area (Å²) < 4.78 is 0. The number of rotatable bonds is 3. The first-order valence-electron chi connectivity index (χ1n) is 4.62. The van der Waals surface area contributed by atoms with E-state index >= 15 is 0 Å². The Hall–Kier alpha value is -1.43. The van der Waals surface area contributed by atoms with Crippen molar-refractivity contribution in [1.29, 1.82) is 0 Å². The van der Waals surface area contributed by atoms with Gasteiger partial charge >= 0.3 is 5.97 Å². The Morgan fingerprint density at radius 2 is 2.13 bits per heavy atom. The number of carboxylic acids is 1. The van der Waals surface area contributed by atoms with Crippen LogP contribution >= 0.6 is 0 Å². The van der Waals surface area contributed by atoms with Crippen molar-refractivity contribution in [3.8, 4) is 0 Å². The summed E-state index contributed by atoms with van der Waals surface area (Å²) in [4.78, 5) is 31.5. The second-order valence-electron chi connectivity index (χ2n) is 3.11. The summed E-state index contributed by atoms with van der Waals surface area (Å²) in [5, 5.41) is 11.5. The summed E-state index contributed by atoms with van der Waals surface area (Å²) in [6, 6.07) is -0.610. The maximum absolute atomic E-state index is 11.4. The number of amides is 1. The van der Waals surface area contributed by atoms with Gasteiger partial charge in [-0.05, 0) is 19.9 Å². The van der Waals surface area contributed by atoms with Gasteiger partial charge in [0.25, 0.3) is 0 Å². The molecule has 6 heteroatoms. The summed E-state index contributed by atoms with van der Waals surface area (Å²) in [6.45, 7) is 2.78. The van der Waals surface area contributed by atoms with Crippen LogP contribution in [0.1, 0.15) is 12.8 Å². The van der Waals surface area contributed by atoms with Gasteiger partial charge in [-0.25, -0.2) is 4.79 Å². The molecule has 0 saturated carbocycles. The lowest BCUT2D eigenvalue weighted by Gasteiger charge is -2.20. The predicted octanol–water partition coefficient (Wildman–Crippen LogP) is -0.903. The minimum absolute atomic E-state index is 0.132. The molecule has 1 fully saturated rings. The zero-order chi connectivity index (χ0) is 11.8. The molecule has 1 heterocycles. The number of hydrogen-bond donors (Lipinski definition) is 2. The van der Waals surface area contributed by atoms with Gasteiger partial charge in [-0.15, -0.1) is 0 Å². The maximum Gasteiger partial charge on any atom is 0.326 e.